The maximum atomic E-state index is 13.6. The first-order valence-electron chi connectivity index (χ1n) is 12.3. The first-order valence-corrected chi connectivity index (χ1v) is 12.3. The van der Waals surface area contributed by atoms with Gasteiger partial charge in [-0.05, 0) is 57.4 Å². The smallest absolute Gasteiger partial charge is 0.246 e. The highest BCUT2D eigenvalue weighted by molar-refractivity contribution is 5.88. The van der Waals surface area contributed by atoms with Crippen LogP contribution in [0.5, 0.6) is 0 Å². The lowest BCUT2D eigenvalue weighted by atomic mass is 9.99. The number of nitrogens with zero attached hydrogens (tertiary/aromatic N) is 6. The number of aryl methyl sites for hydroxylation is 1. The van der Waals surface area contributed by atoms with Crippen molar-refractivity contribution in [2.75, 3.05) is 39.4 Å². The maximum absolute atomic E-state index is 13.6. The molecule has 1 aliphatic rings. The summed E-state index contributed by atoms with van der Waals surface area (Å²) in [6, 6.07) is 2.99. The number of amides is 2. The second kappa shape index (κ2) is 11.8. The van der Waals surface area contributed by atoms with Gasteiger partial charge < -0.3 is 19.4 Å². The summed E-state index contributed by atoms with van der Waals surface area (Å²) < 4.78 is 11.0. The molecule has 3 heterocycles. The van der Waals surface area contributed by atoms with Crippen LogP contribution in [-0.2, 0) is 20.9 Å². The van der Waals surface area contributed by atoms with Crippen molar-refractivity contribution >= 4 is 11.8 Å². The van der Waals surface area contributed by atoms with E-state index in [4.69, 9.17) is 9.15 Å². The van der Waals surface area contributed by atoms with Crippen molar-refractivity contribution in [2.24, 2.45) is 5.92 Å². The molecule has 0 aliphatic carbocycles. The molecule has 1 atom stereocenters. The Kier molecular flexibility index (Phi) is 9.01. The predicted molar refractivity (Wildman–Crippen MR) is 130 cm³/mol. The minimum absolute atomic E-state index is 0.118. The summed E-state index contributed by atoms with van der Waals surface area (Å²) in [6.45, 7) is 15.7. The molecule has 35 heavy (non-hydrogen) atoms. The summed E-state index contributed by atoms with van der Waals surface area (Å²) in [5, 5.41) is 15.4. The van der Waals surface area contributed by atoms with Crippen LogP contribution >= 0.6 is 0 Å². The summed E-state index contributed by atoms with van der Waals surface area (Å²) in [5.74, 6) is 1.39. The zero-order chi connectivity index (χ0) is 25.6. The Bertz CT molecular complexity index is 973. The summed E-state index contributed by atoms with van der Waals surface area (Å²) in [4.78, 5) is 32.1. The number of carbonyl (C=O) groups is 2. The maximum Gasteiger partial charge on any atom is 0.246 e. The summed E-state index contributed by atoms with van der Waals surface area (Å²) >= 11 is 0. The number of hydrogen-bond donors (Lipinski definition) is 1. The van der Waals surface area contributed by atoms with Gasteiger partial charge in [-0.2, -0.15) is 4.80 Å². The van der Waals surface area contributed by atoms with Gasteiger partial charge in [-0.3, -0.25) is 14.5 Å². The molecular weight excluding hydrogens is 450 g/mol. The van der Waals surface area contributed by atoms with E-state index in [1.165, 1.54) is 4.80 Å². The number of morpholine rings is 1. The lowest BCUT2D eigenvalue weighted by Gasteiger charge is -2.36. The normalized spacial score (nSPS) is 15.9. The number of furan rings is 1. The van der Waals surface area contributed by atoms with E-state index >= 15 is 0 Å². The van der Waals surface area contributed by atoms with Gasteiger partial charge in [-0.15, -0.1) is 10.2 Å². The molecule has 0 spiro atoms. The summed E-state index contributed by atoms with van der Waals surface area (Å²) in [6.07, 6.45) is 0.554. The lowest BCUT2D eigenvalue weighted by molar-refractivity contribution is -0.143. The highest BCUT2D eigenvalue weighted by Gasteiger charge is 2.33. The Balaban J connectivity index is 1.80. The first kappa shape index (κ1) is 26.8. The predicted octanol–water partition coefficient (Wildman–Crippen LogP) is 1.73. The number of ether oxygens (including phenoxy) is 1. The minimum Gasteiger partial charge on any atom is -0.458 e. The van der Waals surface area contributed by atoms with Gasteiger partial charge in [0.05, 0.1) is 13.2 Å². The van der Waals surface area contributed by atoms with Crippen LogP contribution in [-0.4, -0.2) is 92.8 Å². The van der Waals surface area contributed by atoms with Crippen LogP contribution in [0, 0.1) is 12.8 Å². The number of nitrogens with one attached hydrogen (secondary N) is 1. The van der Waals surface area contributed by atoms with Gasteiger partial charge in [0.1, 0.15) is 18.3 Å². The zero-order valence-electron chi connectivity index (χ0n) is 21.8. The molecule has 1 saturated heterocycles. The van der Waals surface area contributed by atoms with Crippen molar-refractivity contribution in [1.29, 1.82) is 0 Å². The summed E-state index contributed by atoms with van der Waals surface area (Å²) in [5.41, 5.74) is -0.408. The monoisotopic (exact) mass is 489 g/mol. The zero-order valence-corrected chi connectivity index (χ0v) is 21.8. The van der Waals surface area contributed by atoms with Crippen molar-refractivity contribution in [3.63, 3.8) is 0 Å². The van der Waals surface area contributed by atoms with Crippen LogP contribution in [0.4, 0.5) is 0 Å². The Morgan fingerprint density at radius 2 is 1.91 bits per heavy atom. The lowest BCUT2D eigenvalue weighted by Crippen LogP contribution is -2.56. The van der Waals surface area contributed by atoms with Gasteiger partial charge in [-0.25, -0.2) is 0 Å². The van der Waals surface area contributed by atoms with Crippen molar-refractivity contribution in [3.8, 4) is 11.6 Å². The van der Waals surface area contributed by atoms with Gasteiger partial charge >= 0.3 is 0 Å². The van der Waals surface area contributed by atoms with Gasteiger partial charge in [0.25, 0.3) is 0 Å². The van der Waals surface area contributed by atoms with E-state index in [9.17, 15) is 9.59 Å². The molecule has 0 radical (unpaired) electrons. The molecule has 2 aromatic rings. The van der Waals surface area contributed by atoms with Crippen molar-refractivity contribution < 1.29 is 18.7 Å². The molecule has 194 valence electrons. The Hall–Kier alpha value is -2.79. The Morgan fingerprint density at radius 3 is 2.51 bits per heavy atom. The number of aromatic nitrogens is 4. The molecule has 0 bridgehead atoms. The molecule has 2 aromatic heterocycles. The van der Waals surface area contributed by atoms with E-state index in [0.717, 1.165) is 18.8 Å². The molecule has 2 amide bonds. The molecule has 0 saturated carbocycles. The molecule has 1 unspecified atom stereocenters. The molecule has 11 nitrogen and oxygen atoms in total. The number of hydrogen-bond acceptors (Lipinski definition) is 8. The van der Waals surface area contributed by atoms with E-state index in [2.05, 4.69) is 39.5 Å². The van der Waals surface area contributed by atoms with Gasteiger partial charge in [-0.1, -0.05) is 13.8 Å². The fourth-order valence-corrected chi connectivity index (χ4v) is 3.98. The van der Waals surface area contributed by atoms with Crippen LogP contribution in [0.2, 0.25) is 0 Å². The number of rotatable bonds is 10. The molecule has 0 aromatic carbocycles. The van der Waals surface area contributed by atoms with Crippen LogP contribution in [0.1, 0.15) is 46.8 Å². The van der Waals surface area contributed by atoms with Crippen LogP contribution < -0.4 is 5.32 Å². The Labute approximate surface area is 207 Å². The fraction of sp³-hybridized carbons (Fsp3) is 0.708. The molecular formula is C24H39N7O4. The van der Waals surface area contributed by atoms with Crippen LogP contribution in [0.3, 0.4) is 0 Å². The third-order valence-corrected chi connectivity index (χ3v) is 5.64. The standard InChI is InChI=1S/C24H39N7O4/c1-17(2)15-19(23(33)25-24(4,5)6)30(10-9-29-11-13-34-14-12-29)21(32)16-31-27-22(26-28-31)20-8-7-18(3)35-20/h7-8,17,19H,9-16H2,1-6H3,(H,25,33). The number of carbonyl (C=O) groups excluding carboxylic acids is 2. The van der Waals surface area contributed by atoms with E-state index in [1.54, 1.807) is 11.0 Å². The van der Waals surface area contributed by atoms with Crippen LogP contribution in [0.15, 0.2) is 16.5 Å². The minimum atomic E-state index is -0.599. The van der Waals surface area contributed by atoms with Crippen molar-refractivity contribution in [3.05, 3.63) is 17.9 Å². The Morgan fingerprint density at radius 1 is 1.20 bits per heavy atom. The van der Waals surface area contributed by atoms with Gasteiger partial charge in [0, 0.05) is 31.7 Å². The molecule has 1 fully saturated rings. The van der Waals surface area contributed by atoms with E-state index in [-0.39, 0.29) is 24.3 Å². The first-order chi connectivity index (χ1) is 16.5. The van der Waals surface area contributed by atoms with Gasteiger partial charge in [0.2, 0.25) is 17.6 Å². The van der Waals surface area contributed by atoms with Crippen LogP contribution in [0.25, 0.3) is 11.6 Å². The third kappa shape index (κ3) is 8.14. The molecule has 1 aliphatic heterocycles. The topological polar surface area (TPSA) is 119 Å². The van der Waals surface area contributed by atoms with E-state index in [1.807, 2.05) is 33.8 Å². The quantitative estimate of drug-likeness (QED) is 0.536. The third-order valence-electron chi connectivity index (χ3n) is 5.64. The van der Waals surface area contributed by atoms with E-state index in [0.29, 0.717) is 44.3 Å². The number of tetrazole rings is 1. The SMILES string of the molecule is Cc1ccc(-c2nnn(CC(=O)N(CCN3CCOCC3)C(CC(C)C)C(=O)NC(C)(C)C)n2)o1. The second-order valence-electron chi connectivity index (χ2n) is 10.5. The summed E-state index contributed by atoms with van der Waals surface area (Å²) in [7, 11) is 0. The van der Waals surface area contributed by atoms with Gasteiger partial charge in [0.15, 0.2) is 5.76 Å². The molecule has 11 heteroatoms. The highest BCUT2D eigenvalue weighted by atomic mass is 16.5. The average Bonchev–Trinajstić information content (AvgIpc) is 3.41. The van der Waals surface area contributed by atoms with Crippen molar-refractivity contribution in [1.82, 2.24) is 35.3 Å². The molecule has 3 rings (SSSR count). The van der Waals surface area contributed by atoms with E-state index < -0.39 is 11.6 Å². The largest absolute Gasteiger partial charge is 0.458 e. The second-order valence-corrected chi connectivity index (χ2v) is 10.5. The fourth-order valence-electron chi connectivity index (χ4n) is 3.98. The average molecular weight is 490 g/mol. The van der Waals surface area contributed by atoms with Crippen molar-refractivity contribution in [2.45, 2.75) is 66.1 Å². The highest BCUT2D eigenvalue weighted by Crippen LogP contribution is 2.18. The molecule has 1 N–H and O–H groups in total.